The lowest BCUT2D eigenvalue weighted by molar-refractivity contribution is -0.139. The fourth-order valence-electron chi connectivity index (χ4n) is 4.38. The van der Waals surface area contributed by atoms with Crippen molar-refractivity contribution in [2.75, 3.05) is 5.32 Å². The number of benzene rings is 1. The lowest BCUT2D eigenvalue weighted by atomic mass is 10.1. The first-order valence-electron chi connectivity index (χ1n) is 14.3. The van der Waals surface area contributed by atoms with E-state index in [4.69, 9.17) is 25.4 Å². The Hall–Kier alpha value is -1.24. The van der Waals surface area contributed by atoms with E-state index in [-0.39, 0.29) is 15.4 Å². The third-order valence-electron chi connectivity index (χ3n) is 8.92. The molecule has 1 aliphatic rings. The van der Waals surface area contributed by atoms with E-state index in [1.165, 1.54) is 11.8 Å². The molecule has 1 fully saturated rings. The van der Waals surface area contributed by atoms with Crippen LogP contribution in [0.1, 0.15) is 52.5 Å². The molecule has 0 aliphatic carbocycles. The predicted molar refractivity (Wildman–Crippen MR) is 189 cm³/mol. The third-order valence-corrected chi connectivity index (χ3v) is 20.2. The van der Waals surface area contributed by atoms with Crippen molar-refractivity contribution >= 4 is 85.5 Å². The number of aromatic nitrogens is 4. The molecule has 0 radical (unpaired) electrons. The van der Waals surface area contributed by atoms with Crippen LogP contribution >= 0.6 is 46.0 Å². The quantitative estimate of drug-likeness (QED) is 0.126. The van der Waals surface area contributed by atoms with Crippen molar-refractivity contribution in [3.05, 3.63) is 45.0 Å². The second-order valence-corrected chi connectivity index (χ2v) is 26.5. The molecule has 1 aliphatic heterocycles. The summed E-state index contributed by atoms with van der Waals surface area (Å²) in [4.78, 5) is 26.5. The van der Waals surface area contributed by atoms with E-state index >= 15 is 0 Å². The van der Waals surface area contributed by atoms with Crippen LogP contribution in [0.5, 0.6) is 0 Å². The molecule has 1 saturated heterocycles. The van der Waals surface area contributed by atoms with Crippen molar-refractivity contribution in [1.29, 1.82) is 0 Å². The van der Waals surface area contributed by atoms with Crippen LogP contribution in [0.4, 0.5) is 5.82 Å². The number of carbonyl (C=O) groups is 1. The van der Waals surface area contributed by atoms with Gasteiger partial charge in [-0.2, -0.15) is 9.97 Å². The van der Waals surface area contributed by atoms with Gasteiger partial charge in [-0.25, -0.2) is 4.98 Å². The number of fused-ring (bicyclic) bond motifs is 1. The Morgan fingerprint density at radius 2 is 1.67 bits per heavy atom. The largest absolute Gasteiger partial charge is 0.480 e. The summed E-state index contributed by atoms with van der Waals surface area (Å²) in [5.41, 5.74) is 2.17. The van der Waals surface area contributed by atoms with Gasteiger partial charge in [0.25, 0.3) is 0 Å². The predicted octanol–water partition coefficient (Wildman–Crippen LogP) is 8.18. The van der Waals surface area contributed by atoms with Crippen molar-refractivity contribution in [2.24, 2.45) is 0 Å². The van der Waals surface area contributed by atoms with Crippen LogP contribution in [0.25, 0.3) is 11.2 Å². The number of aliphatic carboxylic acids is 1. The first-order chi connectivity index (χ1) is 19.7. The molecule has 14 heteroatoms. The van der Waals surface area contributed by atoms with Crippen LogP contribution in [0.15, 0.2) is 30.6 Å². The minimum atomic E-state index is -2.38. The van der Waals surface area contributed by atoms with Gasteiger partial charge < -0.3 is 19.3 Å². The Kier molecular flexibility index (Phi) is 10.1. The van der Waals surface area contributed by atoms with Crippen molar-refractivity contribution in [3.8, 4) is 0 Å². The lowest BCUT2D eigenvalue weighted by Crippen LogP contribution is -2.54. The van der Waals surface area contributed by atoms with Crippen LogP contribution in [0, 0.1) is 3.57 Å². The summed E-state index contributed by atoms with van der Waals surface area (Å²) < 4.78 is 17.0. The van der Waals surface area contributed by atoms with Gasteiger partial charge >= 0.3 is 5.97 Å². The van der Waals surface area contributed by atoms with Crippen molar-refractivity contribution in [2.45, 2.75) is 107 Å². The molecule has 1 aromatic carbocycles. The first-order valence-corrected chi connectivity index (χ1v) is 22.6. The molecule has 2 aromatic heterocycles. The summed E-state index contributed by atoms with van der Waals surface area (Å²) >= 11 is 10.1. The fraction of sp³-hybridized carbons (Fsp3) is 0.586. The summed E-state index contributed by atoms with van der Waals surface area (Å²) in [6.07, 6.45) is 0.491. The average Bonchev–Trinajstić information content (AvgIpc) is 3.42. The Labute approximate surface area is 279 Å². The topological polar surface area (TPSA) is 111 Å². The highest BCUT2D eigenvalue weighted by Crippen LogP contribution is 2.51. The molecule has 236 valence electrons. The zero-order valence-corrected chi connectivity index (χ0v) is 32.3. The smallest absolute Gasteiger partial charge is 0.319 e. The van der Waals surface area contributed by atoms with Gasteiger partial charge in [0.1, 0.15) is 16.7 Å². The van der Waals surface area contributed by atoms with Gasteiger partial charge in [0.15, 0.2) is 33.6 Å². The SMILES string of the molecule is CC(C)(C)[Si](C)(C)OC1C(C(=O)O)SC(n2cnc3c(NCc4cccc(I)c4)nc(Cl)nc32)C1O[Si](C)(C)C(C)(C)C. The maximum absolute atomic E-state index is 12.8. The standard InChI is InChI=1S/C29H43ClIN5O4SSi2/c1-28(2,3)42(7,8)39-20-21(40-43(9,10)29(4,5)6)25(41-22(20)26(37)38)36-16-33-19-23(34-27(30)35-24(19)36)32-15-17-12-11-13-18(31)14-17/h11-14,16,20-22,25H,15H2,1-10H3,(H,37,38)(H,32,34,35). The molecule has 3 heterocycles. The van der Waals surface area contributed by atoms with Gasteiger partial charge in [-0.1, -0.05) is 53.7 Å². The number of halogens is 2. The molecule has 0 saturated carbocycles. The van der Waals surface area contributed by atoms with Crippen LogP contribution in [-0.2, 0) is 20.2 Å². The van der Waals surface area contributed by atoms with E-state index < -0.39 is 45.4 Å². The maximum atomic E-state index is 12.8. The molecule has 3 aromatic rings. The molecule has 4 rings (SSSR count). The van der Waals surface area contributed by atoms with Gasteiger partial charge in [0.2, 0.25) is 5.28 Å². The van der Waals surface area contributed by atoms with Crippen LogP contribution in [-0.4, -0.2) is 64.7 Å². The van der Waals surface area contributed by atoms with Gasteiger partial charge in [-0.15, -0.1) is 11.8 Å². The maximum Gasteiger partial charge on any atom is 0.319 e. The molecule has 0 spiro atoms. The minimum absolute atomic E-state index is 0.0770. The molecule has 9 nitrogen and oxygen atoms in total. The van der Waals surface area contributed by atoms with Crippen molar-refractivity contribution < 1.29 is 18.8 Å². The number of carboxylic acid groups (broad SMARTS) is 1. The number of nitrogens with one attached hydrogen (secondary N) is 1. The number of nitrogens with zero attached hydrogens (tertiary/aromatic N) is 4. The molecule has 43 heavy (non-hydrogen) atoms. The zero-order valence-electron chi connectivity index (χ0n) is 26.5. The highest BCUT2D eigenvalue weighted by atomic mass is 127. The second-order valence-electron chi connectivity index (χ2n) is 14.1. The lowest BCUT2D eigenvalue weighted by Gasteiger charge is -2.44. The summed E-state index contributed by atoms with van der Waals surface area (Å²) in [7, 11) is -4.75. The molecular weight excluding hydrogens is 733 g/mol. The highest BCUT2D eigenvalue weighted by Gasteiger charge is 2.56. The van der Waals surface area contributed by atoms with Gasteiger partial charge in [-0.05, 0) is 88.2 Å². The Morgan fingerprint density at radius 1 is 1.07 bits per heavy atom. The Balaban J connectivity index is 1.80. The number of hydrogen-bond acceptors (Lipinski definition) is 8. The number of carboxylic acids is 1. The van der Waals surface area contributed by atoms with E-state index in [2.05, 4.69) is 112 Å². The number of imidazole rings is 1. The summed E-state index contributed by atoms with van der Waals surface area (Å²) in [6, 6.07) is 8.19. The number of anilines is 1. The van der Waals surface area contributed by atoms with Crippen LogP contribution in [0.2, 0.25) is 41.5 Å². The van der Waals surface area contributed by atoms with Crippen molar-refractivity contribution in [3.63, 3.8) is 0 Å². The fourth-order valence-corrected chi connectivity index (χ4v) is 9.39. The summed E-state index contributed by atoms with van der Waals surface area (Å²) in [5.74, 6) is -0.404. The Morgan fingerprint density at radius 3 is 2.23 bits per heavy atom. The summed E-state index contributed by atoms with van der Waals surface area (Å²) in [6.45, 7) is 22.2. The number of rotatable bonds is 9. The Bertz CT molecular complexity index is 1490. The van der Waals surface area contributed by atoms with E-state index in [1.807, 2.05) is 22.8 Å². The molecular formula is C29H43ClIN5O4SSi2. The van der Waals surface area contributed by atoms with Gasteiger partial charge in [0.05, 0.1) is 12.4 Å². The van der Waals surface area contributed by atoms with Gasteiger partial charge in [-0.3, -0.25) is 9.36 Å². The second kappa shape index (κ2) is 12.5. The van der Waals surface area contributed by atoms with Crippen LogP contribution < -0.4 is 5.32 Å². The summed E-state index contributed by atoms with van der Waals surface area (Å²) in [5, 5.41) is 12.4. The normalized spacial score (nSPS) is 21.9. The monoisotopic (exact) mass is 775 g/mol. The molecule has 4 unspecified atom stereocenters. The molecule has 0 amide bonds. The number of hydrogen-bond donors (Lipinski definition) is 2. The zero-order chi connectivity index (χ0) is 32.1. The van der Waals surface area contributed by atoms with E-state index in [0.29, 0.717) is 23.5 Å². The first kappa shape index (κ1) is 34.6. The van der Waals surface area contributed by atoms with E-state index in [9.17, 15) is 9.90 Å². The molecule has 0 bridgehead atoms. The molecule has 4 atom stereocenters. The molecule has 2 N–H and O–H groups in total. The van der Waals surface area contributed by atoms with E-state index in [1.54, 1.807) is 6.33 Å². The minimum Gasteiger partial charge on any atom is -0.480 e. The van der Waals surface area contributed by atoms with Gasteiger partial charge in [0, 0.05) is 10.1 Å². The van der Waals surface area contributed by atoms with Crippen LogP contribution in [0.3, 0.4) is 0 Å². The van der Waals surface area contributed by atoms with Crippen molar-refractivity contribution in [1.82, 2.24) is 19.5 Å². The number of thioether (sulfide) groups is 1. The van der Waals surface area contributed by atoms with E-state index in [0.717, 1.165) is 9.13 Å². The third kappa shape index (κ3) is 7.44. The average molecular weight is 776 g/mol. The highest BCUT2D eigenvalue weighted by molar-refractivity contribution is 14.1.